The molecule has 2 N–H and O–H groups in total. The van der Waals surface area contributed by atoms with Crippen molar-refractivity contribution in [3.63, 3.8) is 0 Å². The normalized spacial score (nSPS) is 10.4. The van der Waals surface area contributed by atoms with E-state index in [1.165, 1.54) is 6.21 Å². The molecule has 7 heavy (non-hydrogen) atoms. The minimum Gasteiger partial charge on any atom is -0.411 e. The van der Waals surface area contributed by atoms with Crippen molar-refractivity contribution in [1.29, 1.82) is 0 Å². The van der Waals surface area contributed by atoms with Crippen molar-refractivity contribution in [2.24, 2.45) is 5.16 Å². The van der Waals surface area contributed by atoms with E-state index in [0.717, 1.165) is 0 Å². The molecular weight excluding hydrogens is 94.0 g/mol. The van der Waals surface area contributed by atoms with Crippen molar-refractivity contribution in [1.82, 2.24) is 0 Å². The summed E-state index contributed by atoms with van der Waals surface area (Å²) < 4.78 is 0. The molecule has 0 heterocycles. The first kappa shape index (κ1) is 6.43. The Hall–Kier alpha value is -0.570. The molecule has 0 amide bonds. The first-order chi connectivity index (χ1) is 3.41. The zero-order chi connectivity index (χ0) is 5.54. The fraction of sp³-hybridized carbons (Fsp3) is 0.750. The highest BCUT2D eigenvalue weighted by molar-refractivity contribution is 5.55. The van der Waals surface area contributed by atoms with Crippen LogP contribution in [-0.2, 0) is 0 Å². The fourth-order valence-corrected chi connectivity index (χ4v) is 0.240. The van der Waals surface area contributed by atoms with Gasteiger partial charge in [-0.2, -0.15) is 0 Å². The van der Waals surface area contributed by atoms with Gasteiger partial charge in [0.2, 0.25) is 0 Å². The summed E-state index contributed by atoms with van der Waals surface area (Å²) in [5.74, 6) is 0. The quantitative estimate of drug-likeness (QED) is 0.232. The Balaban J connectivity index is 2.69. The summed E-state index contributed by atoms with van der Waals surface area (Å²) in [5, 5.41) is 18.7. The Labute approximate surface area is 42.3 Å². The van der Waals surface area contributed by atoms with Crippen LogP contribution in [0.5, 0.6) is 0 Å². The topological polar surface area (TPSA) is 52.8 Å². The number of hydrogen-bond donors (Lipinski definition) is 2. The molecule has 0 unspecified atom stereocenters. The van der Waals surface area contributed by atoms with Gasteiger partial charge < -0.3 is 10.3 Å². The number of hydrogen-bond acceptors (Lipinski definition) is 3. The molecule has 0 aromatic rings. The van der Waals surface area contributed by atoms with E-state index in [9.17, 15) is 0 Å². The Morgan fingerprint density at radius 3 is 2.71 bits per heavy atom. The summed E-state index contributed by atoms with van der Waals surface area (Å²) in [7, 11) is 0. The molecule has 0 bridgehead atoms. The molecule has 0 saturated carbocycles. The van der Waals surface area contributed by atoms with Crippen LogP contribution in [0.25, 0.3) is 0 Å². The molecule has 0 fully saturated rings. The van der Waals surface area contributed by atoms with Crippen LogP contribution in [0, 0.1) is 0 Å². The molecule has 0 atom stereocenters. The first-order valence-electron chi connectivity index (χ1n) is 2.18. The van der Waals surface area contributed by atoms with Gasteiger partial charge in [-0.15, -0.1) is 5.16 Å². The number of oxime groups is 1. The van der Waals surface area contributed by atoms with E-state index in [4.69, 9.17) is 10.3 Å². The maximum absolute atomic E-state index is 8.15. The van der Waals surface area contributed by atoms with Crippen LogP contribution in [0.4, 0.5) is 0 Å². The maximum atomic E-state index is 8.15. The second kappa shape index (κ2) is 5.43. The monoisotopic (exact) mass is 103 g/mol. The van der Waals surface area contributed by atoms with Crippen molar-refractivity contribution in [2.45, 2.75) is 12.8 Å². The van der Waals surface area contributed by atoms with Gasteiger partial charge in [-0.05, 0) is 12.8 Å². The molecule has 0 aromatic heterocycles. The summed E-state index contributed by atoms with van der Waals surface area (Å²) in [6, 6.07) is 0. The molecule has 3 nitrogen and oxygen atoms in total. The average molecular weight is 103 g/mol. The van der Waals surface area contributed by atoms with Gasteiger partial charge in [0.1, 0.15) is 0 Å². The number of nitrogens with zero attached hydrogens (tertiary/aromatic N) is 1. The predicted molar refractivity (Wildman–Crippen MR) is 26.6 cm³/mol. The molecule has 0 aliphatic rings. The minimum atomic E-state index is 0.159. The van der Waals surface area contributed by atoms with Gasteiger partial charge in [-0.25, -0.2) is 0 Å². The molecule has 0 aliphatic carbocycles. The van der Waals surface area contributed by atoms with Gasteiger partial charge in [-0.1, -0.05) is 0 Å². The highest BCUT2D eigenvalue weighted by Crippen LogP contribution is 1.79. The van der Waals surface area contributed by atoms with Gasteiger partial charge in [0.25, 0.3) is 0 Å². The SMILES string of the molecule is OCCCC=NO. The Morgan fingerprint density at radius 1 is 1.57 bits per heavy atom. The molecule has 0 aromatic carbocycles. The minimum absolute atomic E-state index is 0.159. The molecule has 0 spiro atoms. The standard InChI is InChI=1S/C4H9NO2/c6-4-2-1-3-5-7/h3,6-7H,1-2,4H2. The van der Waals surface area contributed by atoms with E-state index in [-0.39, 0.29) is 6.61 Å². The highest BCUT2D eigenvalue weighted by Gasteiger charge is 1.76. The second-order valence-electron chi connectivity index (χ2n) is 1.16. The number of unbranched alkanes of at least 4 members (excludes halogenated alkanes) is 1. The summed E-state index contributed by atoms with van der Waals surface area (Å²) in [6.45, 7) is 0.159. The van der Waals surface area contributed by atoms with Gasteiger partial charge in [0.05, 0.1) is 0 Å². The van der Waals surface area contributed by atoms with Gasteiger partial charge in [0.15, 0.2) is 0 Å². The Kier molecular flexibility index (Phi) is 4.99. The van der Waals surface area contributed by atoms with E-state index in [0.29, 0.717) is 12.8 Å². The molecule has 42 valence electrons. The predicted octanol–water partition coefficient (Wildman–Crippen LogP) is 0.219. The Morgan fingerprint density at radius 2 is 2.29 bits per heavy atom. The van der Waals surface area contributed by atoms with Gasteiger partial charge in [-0.3, -0.25) is 0 Å². The van der Waals surface area contributed by atoms with Crippen LogP contribution >= 0.6 is 0 Å². The van der Waals surface area contributed by atoms with E-state index in [1.54, 1.807) is 0 Å². The third-order valence-electron chi connectivity index (χ3n) is 0.573. The molecule has 0 radical (unpaired) electrons. The summed E-state index contributed by atoms with van der Waals surface area (Å²) in [6.07, 6.45) is 2.67. The number of rotatable bonds is 3. The molecule has 3 heteroatoms. The maximum Gasteiger partial charge on any atom is 0.0436 e. The average Bonchev–Trinajstić information content (AvgIpc) is 1.69. The Bertz CT molecular complexity index is 53.7. The van der Waals surface area contributed by atoms with Crippen molar-refractivity contribution in [2.75, 3.05) is 6.61 Å². The van der Waals surface area contributed by atoms with E-state index in [1.807, 2.05) is 0 Å². The van der Waals surface area contributed by atoms with Crippen molar-refractivity contribution in [3.05, 3.63) is 0 Å². The zero-order valence-corrected chi connectivity index (χ0v) is 4.04. The molecule has 0 saturated heterocycles. The largest absolute Gasteiger partial charge is 0.411 e. The molecule has 0 aliphatic heterocycles. The molecule has 0 rings (SSSR count). The van der Waals surface area contributed by atoms with Crippen LogP contribution in [-0.4, -0.2) is 23.1 Å². The first-order valence-corrected chi connectivity index (χ1v) is 2.18. The fourth-order valence-electron chi connectivity index (χ4n) is 0.240. The number of aliphatic hydroxyl groups is 1. The smallest absolute Gasteiger partial charge is 0.0436 e. The summed E-state index contributed by atoms with van der Waals surface area (Å²) in [5.41, 5.74) is 0. The van der Waals surface area contributed by atoms with Gasteiger partial charge in [0, 0.05) is 12.8 Å². The van der Waals surface area contributed by atoms with Crippen LogP contribution in [0.1, 0.15) is 12.8 Å². The van der Waals surface area contributed by atoms with Crippen LogP contribution in [0.15, 0.2) is 5.16 Å². The van der Waals surface area contributed by atoms with Crippen molar-refractivity contribution >= 4 is 6.21 Å². The van der Waals surface area contributed by atoms with E-state index >= 15 is 0 Å². The van der Waals surface area contributed by atoms with Crippen molar-refractivity contribution < 1.29 is 10.3 Å². The lowest BCUT2D eigenvalue weighted by Crippen LogP contribution is -1.81. The highest BCUT2D eigenvalue weighted by atomic mass is 16.4. The van der Waals surface area contributed by atoms with E-state index in [2.05, 4.69) is 5.16 Å². The summed E-state index contributed by atoms with van der Waals surface area (Å²) in [4.78, 5) is 0. The molecular formula is C4H9NO2. The lowest BCUT2D eigenvalue weighted by atomic mass is 10.3. The van der Waals surface area contributed by atoms with Crippen LogP contribution in [0.3, 0.4) is 0 Å². The summed E-state index contributed by atoms with van der Waals surface area (Å²) >= 11 is 0. The third kappa shape index (κ3) is 5.43. The second-order valence-corrected chi connectivity index (χ2v) is 1.16. The lowest BCUT2D eigenvalue weighted by molar-refractivity contribution is 0.289. The third-order valence-corrected chi connectivity index (χ3v) is 0.573. The lowest BCUT2D eigenvalue weighted by Gasteiger charge is -1.82. The van der Waals surface area contributed by atoms with Crippen LogP contribution < -0.4 is 0 Å². The van der Waals surface area contributed by atoms with Crippen LogP contribution in [0.2, 0.25) is 0 Å². The van der Waals surface area contributed by atoms with Gasteiger partial charge >= 0.3 is 0 Å². The zero-order valence-electron chi connectivity index (χ0n) is 4.04. The van der Waals surface area contributed by atoms with Crippen molar-refractivity contribution in [3.8, 4) is 0 Å². The number of aliphatic hydroxyl groups excluding tert-OH is 1. The van der Waals surface area contributed by atoms with E-state index < -0.39 is 0 Å².